The Morgan fingerprint density at radius 3 is 2.60 bits per heavy atom. The lowest BCUT2D eigenvalue weighted by atomic mass is 10.3. The number of hydrogen-bond donors (Lipinski definition) is 0. The van der Waals surface area contributed by atoms with E-state index in [0.717, 1.165) is 7.05 Å². The lowest BCUT2D eigenvalue weighted by Crippen LogP contribution is -2.12. The van der Waals surface area contributed by atoms with Crippen molar-refractivity contribution in [1.82, 2.24) is 9.78 Å². The Morgan fingerprint density at radius 1 is 1.60 bits per heavy atom. The average Bonchev–Trinajstić information content (AvgIpc) is 2.36. The highest BCUT2D eigenvalue weighted by molar-refractivity contribution is 6.32. The van der Waals surface area contributed by atoms with Crippen LogP contribution in [0.4, 0.5) is 13.2 Å². The summed E-state index contributed by atoms with van der Waals surface area (Å²) in [6, 6.07) is 0. The van der Waals surface area contributed by atoms with Crippen LogP contribution in [0.5, 0.6) is 0 Å². The molecule has 1 aromatic heterocycles. The fraction of sp³-hybridized carbons (Fsp3) is 0.500. The zero-order valence-corrected chi connectivity index (χ0v) is 8.21. The molecule has 0 aliphatic carbocycles. The molecule has 0 saturated heterocycles. The minimum absolute atomic E-state index is 0.0932. The molecule has 0 aliphatic rings. The number of azide groups is 1. The maximum absolute atomic E-state index is 12.4. The SMILES string of the molecule is Cn1nc(CN=[N+]=[N-])c(Cl)c1C(F)(F)F. The van der Waals surface area contributed by atoms with Crippen LogP contribution in [0.1, 0.15) is 11.4 Å². The summed E-state index contributed by atoms with van der Waals surface area (Å²) in [4.78, 5) is 2.41. The van der Waals surface area contributed by atoms with Gasteiger partial charge in [0.05, 0.1) is 17.3 Å². The number of hydrogen-bond acceptors (Lipinski definition) is 2. The van der Waals surface area contributed by atoms with E-state index in [1.54, 1.807) is 0 Å². The van der Waals surface area contributed by atoms with E-state index < -0.39 is 16.9 Å². The van der Waals surface area contributed by atoms with Gasteiger partial charge in [0.1, 0.15) is 0 Å². The van der Waals surface area contributed by atoms with Crippen LogP contribution in [-0.2, 0) is 19.8 Å². The van der Waals surface area contributed by atoms with E-state index in [9.17, 15) is 13.2 Å². The molecule has 0 amide bonds. The molecular weight excluding hydrogens is 235 g/mol. The van der Waals surface area contributed by atoms with Crippen LogP contribution in [0, 0.1) is 0 Å². The van der Waals surface area contributed by atoms with Crippen LogP contribution in [-0.4, -0.2) is 9.78 Å². The van der Waals surface area contributed by atoms with Crippen molar-refractivity contribution in [3.05, 3.63) is 26.9 Å². The fourth-order valence-corrected chi connectivity index (χ4v) is 1.39. The highest BCUT2D eigenvalue weighted by Crippen LogP contribution is 2.36. The molecular formula is C6H5ClF3N5. The first kappa shape index (κ1) is 11.7. The van der Waals surface area contributed by atoms with Crippen molar-refractivity contribution < 1.29 is 13.2 Å². The second-order valence-electron chi connectivity index (χ2n) is 2.62. The van der Waals surface area contributed by atoms with Gasteiger partial charge in [-0.1, -0.05) is 16.7 Å². The molecule has 15 heavy (non-hydrogen) atoms. The number of halogens is 4. The maximum Gasteiger partial charge on any atom is 0.434 e. The van der Waals surface area contributed by atoms with Crippen molar-refractivity contribution in [2.24, 2.45) is 12.2 Å². The monoisotopic (exact) mass is 239 g/mol. The highest BCUT2D eigenvalue weighted by atomic mass is 35.5. The lowest BCUT2D eigenvalue weighted by Gasteiger charge is -2.06. The van der Waals surface area contributed by atoms with Crippen molar-refractivity contribution in [3.8, 4) is 0 Å². The normalized spacial score (nSPS) is 11.3. The number of rotatable bonds is 2. The summed E-state index contributed by atoms with van der Waals surface area (Å²) in [5, 5.41) is 6.08. The Kier molecular flexibility index (Phi) is 3.11. The van der Waals surface area contributed by atoms with Crippen molar-refractivity contribution in [3.63, 3.8) is 0 Å². The van der Waals surface area contributed by atoms with Crippen LogP contribution >= 0.6 is 11.6 Å². The Bertz CT molecular complexity index is 417. The van der Waals surface area contributed by atoms with Crippen LogP contribution in [0.15, 0.2) is 5.11 Å². The smallest absolute Gasteiger partial charge is 0.262 e. The molecule has 0 fully saturated rings. The fourth-order valence-electron chi connectivity index (χ4n) is 1.06. The van der Waals surface area contributed by atoms with E-state index in [4.69, 9.17) is 17.1 Å². The topological polar surface area (TPSA) is 66.6 Å². The molecule has 0 aliphatic heterocycles. The molecule has 82 valence electrons. The summed E-state index contributed by atoms with van der Waals surface area (Å²) in [5.41, 5.74) is 6.87. The Balaban J connectivity index is 3.20. The summed E-state index contributed by atoms with van der Waals surface area (Å²) >= 11 is 5.46. The maximum atomic E-state index is 12.4. The molecule has 1 rings (SSSR count). The first-order valence-corrected chi connectivity index (χ1v) is 4.05. The third-order valence-corrected chi connectivity index (χ3v) is 2.00. The van der Waals surface area contributed by atoms with Gasteiger partial charge in [0, 0.05) is 12.0 Å². The molecule has 1 aromatic rings. The van der Waals surface area contributed by atoms with E-state index in [1.165, 1.54) is 0 Å². The number of nitrogens with zero attached hydrogens (tertiary/aromatic N) is 5. The second-order valence-corrected chi connectivity index (χ2v) is 3.00. The summed E-state index contributed by atoms with van der Waals surface area (Å²) in [7, 11) is 1.12. The molecule has 0 atom stereocenters. The molecule has 0 unspecified atom stereocenters. The van der Waals surface area contributed by atoms with Crippen molar-refractivity contribution in [2.45, 2.75) is 12.7 Å². The summed E-state index contributed by atoms with van der Waals surface area (Å²) in [5.74, 6) is 0. The van der Waals surface area contributed by atoms with Crippen molar-refractivity contribution in [1.29, 1.82) is 0 Å². The quantitative estimate of drug-likeness (QED) is 0.444. The Labute approximate surface area is 87.1 Å². The predicted octanol–water partition coefficient (Wildman–Crippen LogP) is 2.90. The van der Waals surface area contributed by atoms with Gasteiger partial charge in [0.25, 0.3) is 0 Å². The zero-order chi connectivity index (χ0) is 11.6. The minimum atomic E-state index is -4.58. The Hall–Kier alpha value is -1.40. The second kappa shape index (κ2) is 4.00. The van der Waals surface area contributed by atoms with Gasteiger partial charge in [-0.3, -0.25) is 4.68 Å². The third kappa shape index (κ3) is 2.34. The van der Waals surface area contributed by atoms with Crippen molar-refractivity contribution in [2.75, 3.05) is 0 Å². The van der Waals surface area contributed by atoms with E-state index in [1.807, 2.05) is 0 Å². The van der Waals surface area contributed by atoms with Gasteiger partial charge in [-0.25, -0.2) is 0 Å². The van der Waals surface area contributed by atoms with E-state index in [2.05, 4.69) is 15.1 Å². The van der Waals surface area contributed by atoms with Gasteiger partial charge in [-0.15, -0.1) is 0 Å². The van der Waals surface area contributed by atoms with Gasteiger partial charge >= 0.3 is 6.18 Å². The summed E-state index contributed by atoms with van der Waals surface area (Å²) in [6.07, 6.45) is -4.58. The average molecular weight is 240 g/mol. The van der Waals surface area contributed by atoms with Crippen LogP contribution in [0.3, 0.4) is 0 Å². The third-order valence-electron chi connectivity index (χ3n) is 1.61. The molecule has 0 radical (unpaired) electrons. The van der Waals surface area contributed by atoms with E-state index in [0.29, 0.717) is 4.68 Å². The first-order valence-electron chi connectivity index (χ1n) is 3.67. The predicted molar refractivity (Wildman–Crippen MR) is 46.1 cm³/mol. The van der Waals surface area contributed by atoms with Gasteiger partial charge in [0.15, 0.2) is 5.69 Å². The molecule has 0 spiro atoms. The Morgan fingerprint density at radius 2 is 2.20 bits per heavy atom. The highest BCUT2D eigenvalue weighted by Gasteiger charge is 2.38. The number of aryl methyl sites for hydroxylation is 1. The van der Waals surface area contributed by atoms with Gasteiger partial charge in [0.2, 0.25) is 0 Å². The molecule has 9 heteroatoms. The lowest BCUT2D eigenvalue weighted by molar-refractivity contribution is -0.143. The molecule has 0 N–H and O–H groups in total. The van der Waals surface area contributed by atoms with Crippen LogP contribution in [0.2, 0.25) is 5.02 Å². The van der Waals surface area contributed by atoms with Crippen molar-refractivity contribution >= 4 is 11.6 Å². The largest absolute Gasteiger partial charge is 0.434 e. The van der Waals surface area contributed by atoms with Crippen LogP contribution in [0.25, 0.3) is 10.4 Å². The van der Waals surface area contributed by atoms with Gasteiger partial charge in [-0.05, 0) is 5.53 Å². The standard InChI is InChI=1S/C6H5ClF3N5/c1-15-5(6(8,9)10)4(7)3(13-15)2-12-14-11/h2H2,1H3. The minimum Gasteiger partial charge on any atom is -0.262 e. The van der Waals surface area contributed by atoms with Crippen LogP contribution < -0.4 is 0 Å². The molecule has 0 bridgehead atoms. The van der Waals surface area contributed by atoms with E-state index in [-0.39, 0.29) is 12.2 Å². The summed E-state index contributed by atoms with van der Waals surface area (Å²) in [6.45, 7) is -0.306. The molecule has 0 saturated carbocycles. The van der Waals surface area contributed by atoms with E-state index >= 15 is 0 Å². The number of aromatic nitrogens is 2. The molecule has 0 aromatic carbocycles. The number of alkyl halides is 3. The molecule has 5 nitrogen and oxygen atoms in total. The van der Waals surface area contributed by atoms with Gasteiger partial charge < -0.3 is 0 Å². The first-order chi connectivity index (χ1) is 6.88. The zero-order valence-electron chi connectivity index (χ0n) is 7.46. The summed E-state index contributed by atoms with van der Waals surface area (Å²) < 4.78 is 37.8. The van der Waals surface area contributed by atoms with Gasteiger partial charge in [-0.2, -0.15) is 18.3 Å². The molecule has 1 heterocycles.